The van der Waals surface area contributed by atoms with E-state index in [9.17, 15) is 10.4 Å². The summed E-state index contributed by atoms with van der Waals surface area (Å²) in [6.45, 7) is 10.6. The number of aliphatic hydroxyl groups is 1. The van der Waals surface area contributed by atoms with Crippen molar-refractivity contribution in [1.29, 1.82) is 5.26 Å². The Balaban J connectivity index is 2.82. The molecule has 0 heterocycles. The Bertz CT molecular complexity index is 298. The Labute approximate surface area is 106 Å². The van der Waals surface area contributed by atoms with Crippen molar-refractivity contribution < 1.29 is 5.11 Å². The molecular weight excluding hydrogens is 210 g/mol. The van der Waals surface area contributed by atoms with Crippen LogP contribution in [-0.4, -0.2) is 10.7 Å². The van der Waals surface area contributed by atoms with E-state index in [1.54, 1.807) is 0 Å². The quantitative estimate of drug-likeness (QED) is 0.791. The van der Waals surface area contributed by atoms with Crippen LogP contribution in [0.2, 0.25) is 0 Å². The van der Waals surface area contributed by atoms with Crippen LogP contribution in [0.25, 0.3) is 0 Å². The molecule has 17 heavy (non-hydrogen) atoms. The highest BCUT2D eigenvalue weighted by Crippen LogP contribution is 2.50. The van der Waals surface area contributed by atoms with Crippen molar-refractivity contribution in [3.8, 4) is 6.07 Å². The zero-order valence-corrected chi connectivity index (χ0v) is 12.0. The number of hydrogen-bond donors (Lipinski definition) is 1. The standard InChI is InChI=1S/C15H27NO/c1-6-14(5,17)15(11-16)9-7-12(8-10-15)13(2,3)4/h12,17H,6-10H2,1-5H3. The van der Waals surface area contributed by atoms with Gasteiger partial charge in [-0.25, -0.2) is 0 Å². The first-order chi connectivity index (χ1) is 7.68. The van der Waals surface area contributed by atoms with Crippen LogP contribution in [-0.2, 0) is 0 Å². The number of nitriles is 1. The number of nitrogens with zero attached hydrogens (tertiary/aromatic N) is 1. The van der Waals surface area contributed by atoms with Gasteiger partial charge in [0.2, 0.25) is 0 Å². The molecule has 1 atom stereocenters. The summed E-state index contributed by atoms with van der Waals surface area (Å²) in [5, 5.41) is 20.0. The molecule has 0 aromatic rings. The second kappa shape index (κ2) is 4.61. The molecule has 0 amide bonds. The van der Waals surface area contributed by atoms with E-state index in [0.717, 1.165) is 25.7 Å². The van der Waals surface area contributed by atoms with Gasteiger partial charge < -0.3 is 5.11 Å². The maximum Gasteiger partial charge on any atom is 0.0857 e. The molecule has 1 N–H and O–H groups in total. The van der Waals surface area contributed by atoms with Crippen LogP contribution in [0.15, 0.2) is 0 Å². The van der Waals surface area contributed by atoms with Crippen molar-refractivity contribution in [2.24, 2.45) is 16.7 Å². The third-order valence-electron chi connectivity index (χ3n) is 5.00. The van der Waals surface area contributed by atoms with Crippen LogP contribution in [0.3, 0.4) is 0 Å². The fourth-order valence-corrected chi connectivity index (χ4v) is 3.09. The summed E-state index contributed by atoms with van der Waals surface area (Å²) < 4.78 is 0. The Morgan fingerprint density at radius 2 is 1.71 bits per heavy atom. The predicted molar refractivity (Wildman–Crippen MR) is 70.4 cm³/mol. The lowest BCUT2D eigenvalue weighted by atomic mass is 9.58. The van der Waals surface area contributed by atoms with Gasteiger partial charge in [-0.3, -0.25) is 0 Å². The highest BCUT2D eigenvalue weighted by atomic mass is 16.3. The third kappa shape index (κ3) is 2.65. The molecule has 0 aromatic heterocycles. The zero-order valence-electron chi connectivity index (χ0n) is 12.0. The minimum atomic E-state index is -0.843. The molecule has 0 spiro atoms. The van der Waals surface area contributed by atoms with Crippen molar-refractivity contribution in [2.75, 3.05) is 0 Å². The molecular formula is C15H27NO. The van der Waals surface area contributed by atoms with Crippen LogP contribution in [0.1, 0.15) is 66.7 Å². The van der Waals surface area contributed by atoms with Gasteiger partial charge in [-0.1, -0.05) is 27.7 Å². The average molecular weight is 237 g/mol. The Hall–Kier alpha value is -0.550. The van der Waals surface area contributed by atoms with Gasteiger partial charge in [-0.2, -0.15) is 5.26 Å². The monoisotopic (exact) mass is 237 g/mol. The maximum absolute atomic E-state index is 10.5. The van der Waals surface area contributed by atoms with Gasteiger partial charge in [0.05, 0.1) is 17.1 Å². The van der Waals surface area contributed by atoms with E-state index in [0.29, 0.717) is 17.8 Å². The van der Waals surface area contributed by atoms with E-state index in [2.05, 4.69) is 26.8 Å². The highest BCUT2D eigenvalue weighted by Gasteiger charge is 2.49. The first-order valence-electron chi connectivity index (χ1n) is 6.82. The molecule has 1 rings (SSSR count). The first-order valence-corrected chi connectivity index (χ1v) is 6.82. The zero-order chi connectivity index (χ0) is 13.3. The van der Waals surface area contributed by atoms with Gasteiger partial charge in [-0.05, 0) is 50.4 Å². The van der Waals surface area contributed by atoms with E-state index in [1.807, 2.05) is 13.8 Å². The van der Waals surface area contributed by atoms with E-state index in [1.165, 1.54) is 0 Å². The summed E-state index contributed by atoms with van der Waals surface area (Å²) in [5.41, 5.74) is -1.05. The number of rotatable bonds is 2. The molecule has 0 aliphatic heterocycles. The topological polar surface area (TPSA) is 44.0 Å². The Morgan fingerprint density at radius 3 is 2.00 bits per heavy atom. The Kier molecular flexibility index (Phi) is 3.94. The lowest BCUT2D eigenvalue weighted by molar-refractivity contribution is -0.0729. The largest absolute Gasteiger partial charge is 0.389 e. The SMILES string of the molecule is CCC(C)(O)C1(C#N)CCC(C(C)(C)C)CC1. The van der Waals surface area contributed by atoms with Gasteiger partial charge >= 0.3 is 0 Å². The van der Waals surface area contributed by atoms with Crippen LogP contribution in [0.4, 0.5) is 0 Å². The van der Waals surface area contributed by atoms with Crippen molar-refractivity contribution in [3.63, 3.8) is 0 Å². The lowest BCUT2D eigenvalue weighted by Crippen LogP contribution is -2.47. The molecule has 98 valence electrons. The van der Waals surface area contributed by atoms with Crippen LogP contribution >= 0.6 is 0 Å². The van der Waals surface area contributed by atoms with E-state index >= 15 is 0 Å². The minimum Gasteiger partial charge on any atom is -0.389 e. The lowest BCUT2D eigenvalue weighted by Gasteiger charge is -2.47. The van der Waals surface area contributed by atoms with E-state index in [4.69, 9.17) is 0 Å². The minimum absolute atomic E-state index is 0.319. The van der Waals surface area contributed by atoms with Crippen molar-refractivity contribution in [1.82, 2.24) is 0 Å². The summed E-state index contributed by atoms with van der Waals surface area (Å²) in [5.74, 6) is 0.677. The third-order valence-corrected chi connectivity index (χ3v) is 5.00. The van der Waals surface area contributed by atoms with Crippen molar-refractivity contribution in [2.45, 2.75) is 72.3 Å². The molecule has 1 aliphatic carbocycles. The molecule has 1 fully saturated rings. The normalized spacial score (nSPS) is 33.8. The predicted octanol–water partition coefficient (Wildman–Crippen LogP) is 3.89. The van der Waals surface area contributed by atoms with Gasteiger partial charge in [-0.15, -0.1) is 0 Å². The fraction of sp³-hybridized carbons (Fsp3) is 0.933. The van der Waals surface area contributed by atoms with Crippen molar-refractivity contribution in [3.05, 3.63) is 0 Å². The van der Waals surface area contributed by atoms with E-state index < -0.39 is 11.0 Å². The molecule has 2 heteroatoms. The van der Waals surface area contributed by atoms with Crippen LogP contribution < -0.4 is 0 Å². The molecule has 1 unspecified atom stereocenters. The molecule has 0 saturated heterocycles. The van der Waals surface area contributed by atoms with Crippen LogP contribution in [0, 0.1) is 28.1 Å². The van der Waals surface area contributed by atoms with Gasteiger partial charge in [0, 0.05) is 0 Å². The smallest absolute Gasteiger partial charge is 0.0857 e. The van der Waals surface area contributed by atoms with Gasteiger partial charge in [0.1, 0.15) is 0 Å². The molecule has 1 saturated carbocycles. The summed E-state index contributed by atoms with van der Waals surface area (Å²) in [7, 11) is 0. The average Bonchev–Trinajstić information content (AvgIpc) is 2.27. The summed E-state index contributed by atoms with van der Waals surface area (Å²) >= 11 is 0. The molecule has 2 nitrogen and oxygen atoms in total. The molecule has 1 aliphatic rings. The highest BCUT2D eigenvalue weighted by molar-refractivity contribution is 5.11. The molecule has 0 radical (unpaired) electrons. The molecule has 0 aromatic carbocycles. The summed E-state index contributed by atoms with van der Waals surface area (Å²) in [6.07, 6.45) is 4.46. The van der Waals surface area contributed by atoms with Crippen molar-refractivity contribution >= 4 is 0 Å². The van der Waals surface area contributed by atoms with Gasteiger partial charge in [0.25, 0.3) is 0 Å². The number of hydrogen-bond acceptors (Lipinski definition) is 2. The maximum atomic E-state index is 10.5. The Morgan fingerprint density at radius 1 is 1.24 bits per heavy atom. The van der Waals surface area contributed by atoms with Crippen LogP contribution in [0.5, 0.6) is 0 Å². The summed E-state index contributed by atoms with van der Waals surface area (Å²) in [4.78, 5) is 0. The summed E-state index contributed by atoms with van der Waals surface area (Å²) in [6, 6.07) is 2.43. The van der Waals surface area contributed by atoms with E-state index in [-0.39, 0.29) is 0 Å². The second-order valence-corrected chi connectivity index (χ2v) is 6.96. The fourth-order valence-electron chi connectivity index (χ4n) is 3.09. The second-order valence-electron chi connectivity index (χ2n) is 6.96. The first kappa shape index (κ1) is 14.5. The van der Waals surface area contributed by atoms with Gasteiger partial charge in [0.15, 0.2) is 0 Å². The molecule has 0 bridgehead atoms.